The number of benzene rings is 2. The van der Waals surface area contributed by atoms with Gasteiger partial charge in [-0.1, -0.05) is 23.2 Å². The highest BCUT2D eigenvalue weighted by Gasteiger charge is 2.31. The highest BCUT2D eigenvalue weighted by atomic mass is 35.5. The molecule has 0 aliphatic heterocycles. The number of carboxylic acid groups (broad SMARTS) is 1. The molecule has 1 heterocycles. The van der Waals surface area contributed by atoms with Gasteiger partial charge >= 0.3 is 5.97 Å². The lowest BCUT2D eigenvalue weighted by atomic mass is 9.90. The van der Waals surface area contributed by atoms with Crippen molar-refractivity contribution in [3.63, 3.8) is 0 Å². The molecule has 3 aromatic rings. The Morgan fingerprint density at radius 1 is 1.00 bits per heavy atom. The minimum Gasteiger partial charge on any atom is -0.480 e. The first-order chi connectivity index (χ1) is 11.0. The number of carbonyl (C=O) groups is 2. The maximum atomic E-state index is 12.7. The van der Waals surface area contributed by atoms with E-state index in [0.717, 1.165) is 5.52 Å². The molecule has 0 bridgehead atoms. The van der Waals surface area contributed by atoms with E-state index >= 15 is 0 Å². The average Bonchev–Trinajstić information content (AvgIpc) is 2.91. The van der Waals surface area contributed by atoms with Gasteiger partial charge in [0.2, 0.25) is 0 Å². The predicted molar refractivity (Wildman–Crippen MR) is 89.5 cm³/mol. The van der Waals surface area contributed by atoms with Gasteiger partial charge in [0.15, 0.2) is 5.78 Å². The number of rotatable bonds is 4. The lowest BCUT2D eigenvalue weighted by molar-refractivity contribution is -0.137. The summed E-state index contributed by atoms with van der Waals surface area (Å²) in [7, 11) is 0. The van der Waals surface area contributed by atoms with Crippen molar-refractivity contribution in [2.45, 2.75) is 5.92 Å². The second-order valence-electron chi connectivity index (χ2n) is 5.08. The lowest BCUT2D eigenvalue weighted by Crippen LogP contribution is -2.21. The summed E-state index contributed by atoms with van der Waals surface area (Å²) in [4.78, 5) is 27.3. The zero-order valence-electron chi connectivity index (χ0n) is 11.7. The van der Waals surface area contributed by atoms with Crippen LogP contribution < -0.4 is 0 Å². The molecule has 1 aromatic heterocycles. The SMILES string of the molecule is O=C(O)C(C(=O)c1ccc(Cl)cc1)c1c[nH]c2ccc(Cl)cc12. The van der Waals surface area contributed by atoms with Gasteiger partial charge in [-0.25, -0.2) is 0 Å². The van der Waals surface area contributed by atoms with E-state index in [1.54, 1.807) is 30.3 Å². The summed E-state index contributed by atoms with van der Waals surface area (Å²) in [6, 6.07) is 11.2. The minimum absolute atomic E-state index is 0.290. The second-order valence-corrected chi connectivity index (χ2v) is 5.95. The first kappa shape index (κ1) is 15.6. The molecule has 116 valence electrons. The molecule has 0 saturated heterocycles. The summed E-state index contributed by atoms with van der Waals surface area (Å²) in [5.41, 5.74) is 1.40. The Balaban J connectivity index is 2.11. The highest BCUT2D eigenvalue weighted by molar-refractivity contribution is 6.31. The molecular formula is C17H11Cl2NO3. The minimum atomic E-state index is -1.32. The summed E-state index contributed by atoms with van der Waals surface area (Å²) >= 11 is 11.8. The van der Waals surface area contributed by atoms with E-state index in [9.17, 15) is 14.7 Å². The quantitative estimate of drug-likeness (QED) is 0.538. The number of Topliss-reactive ketones (excluding diaryl/α,β-unsaturated/α-hetero) is 1. The summed E-state index contributed by atoms with van der Waals surface area (Å²) in [6.07, 6.45) is 1.54. The summed E-state index contributed by atoms with van der Waals surface area (Å²) < 4.78 is 0. The van der Waals surface area contributed by atoms with Crippen LogP contribution in [-0.2, 0) is 4.79 Å². The lowest BCUT2D eigenvalue weighted by Gasteiger charge is -2.11. The molecule has 3 rings (SSSR count). The number of ketones is 1. The summed E-state index contributed by atoms with van der Waals surface area (Å²) in [6.45, 7) is 0. The van der Waals surface area contributed by atoms with Gasteiger partial charge in [0.05, 0.1) is 0 Å². The van der Waals surface area contributed by atoms with Gasteiger partial charge in [0, 0.05) is 32.7 Å². The number of aliphatic carboxylic acids is 1. The van der Waals surface area contributed by atoms with Gasteiger partial charge in [-0.05, 0) is 48.0 Å². The van der Waals surface area contributed by atoms with E-state index in [0.29, 0.717) is 21.0 Å². The molecule has 0 fully saturated rings. The number of fused-ring (bicyclic) bond motifs is 1. The Morgan fingerprint density at radius 3 is 2.30 bits per heavy atom. The van der Waals surface area contributed by atoms with Crippen LogP contribution in [0.15, 0.2) is 48.7 Å². The third-order valence-electron chi connectivity index (χ3n) is 3.62. The third kappa shape index (κ3) is 2.96. The smallest absolute Gasteiger partial charge is 0.319 e. The topological polar surface area (TPSA) is 70.2 Å². The Morgan fingerprint density at radius 2 is 1.65 bits per heavy atom. The Kier molecular flexibility index (Phi) is 4.11. The van der Waals surface area contributed by atoms with E-state index in [1.807, 2.05) is 0 Å². The van der Waals surface area contributed by atoms with E-state index in [-0.39, 0.29) is 5.56 Å². The Hall–Kier alpha value is -2.30. The standard InChI is InChI=1S/C17H11Cl2NO3/c18-10-3-1-9(2-4-10)16(21)15(17(22)23)13-8-20-14-6-5-11(19)7-12(13)14/h1-8,15,20H,(H,22,23). The van der Waals surface area contributed by atoms with E-state index in [1.165, 1.54) is 18.3 Å². The number of carbonyl (C=O) groups excluding carboxylic acids is 1. The number of aromatic nitrogens is 1. The molecule has 23 heavy (non-hydrogen) atoms. The van der Waals surface area contributed by atoms with Gasteiger partial charge in [0.1, 0.15) is 5.92 Å². The molecule has 4 nitrogen and oxygen atoms in total. The van der Waals surface area contributed by atoms with Crippen LogP contribution in [0.5, 0.6) is 0 Å². The zero-order chi connectivity index (χ0) is 16.6. The summed E-state index contributed by atoms with van der Waals surface area (Å²) in [5.74, 6) is -3.04. The monoisotopic (exact) mass is 347 g/mol. The largest absolute Gasteiger partial charge is 0.480 e. The third-order valence-corrected chi connectivity index (χ3v) is 4.11. The number of hydrogen-bond donors (Lipinski definition) is 2. The number of aromatic amines is 1. The number of H-pyrrole nitrogens is 1. The van der Waals surface area contributed by atoms with Crippen molar-refractivity contribution < 1.29 is 14.7 Å². The molecule has 2 N–H and O–H groups in total. The first-order valence-electron chi connectivity index (χ1n) is 6.76. The van der Waals surface area contributed by atoms with Gasteiger partial charge in [0.25, 0.3) is 0 Å². The Bertz CT molecular complexity index is 900. The molecule has 0 aliphatic rings. The van der Waals surface area contributed by atoms with Gasteiger partial charge in [-0.15, -0.1) is 0 Å². The van der Waals surface area contributed by atoms with Crippen LogP contribution in [-0.4, -0.2) is 21.8 Å². The second kappa shape index (κ2) is 6.07. The van der Waals surface area contributed by atoms with E-state index in [4.69, 9.17) is 23.2 Å². The highest BCUT2D eigenvalue weighted by Crippen LogP contribution is 2.30. The van der Waals surface area contributed by atoms with Crippen LogP contribution >= 0.6 is 23.2 Å². The van der Waals surface area contributed by atoms with Crippen molar-refractivity contribution in [1.29, 1.82) is 0 Å². The van der Waals surface area contributed by atoms with Gasteiger partial charge in [-0.3, -0.25) is 9.59 Å². The maximum Gasteiger partial charge on any atom is 0.319 e. The fourth-order valence-corrected chi connectivity index (χ4v) is 2.82. The van der Waals surface area contributed by atoms with Crippen LogP contribution in [0.4, 0.5) is 0 Å². The fraction of sp³-hybridized carbons (Fsp3) is 0.0588. The van der Waals surface area contributed by atoms with Crippen LogP contribution in [0.3, 0.4) is 0 Å². The number of carboxylic acids is 1. The molecular weight excluding hydrogens is 337 g/mol. The molecule has 0 saturated carbocycles. The van der Waals surface area contributed by atoms with Crippen molar-refractivity contribution in [1.82, 2.24) is 4.98 Å². The molecule has 0 radical (unpaired) electrons. The predicted octanol–water partition coefficient (Wildman–Crippen LogP) is 4.53. The molecule has 0 aliphatic carbocycles. The molecule has 0 amide bonds. The van der Waals surface area contributed by atoms with Crippen LogP contribution in [0.25, 0.3) is 10.9 Å². The van der Waals surface area contributed by atoms with E-state index < -0.39 is 17.7 Å². The van der Waals surface area contributed by atoms with Crippen molar-refractivity contribution in [3.8, 4) is 0 Å². The van der Waals surface area contributed by atoms with Crippen molar-refractivity contribution >= 4 is 45.9 Å². The van der Waals surface area contributed by atoms with Gasteiger partial charge in [-0.2, -0.15) is 0 Å². The van der Waals surface area contributed by atoms with E-state index in [2.05, 4.69) is 4.98 Å². The number of halogens is 2. The average molecular weight is 348 g/mol. The van der Waals surface area contributed by atoms with Gasteiger partial charge < -0.3 is 10.1 Å². The van der Waals surface area contributed by atoms with Crippen molar-refractivity contribution in [2.24, 2.45) is 0 Å². The van der Waals surface area contributed by atoms with Crippen LogP contribution in [0, 0.1) is 0 Å². The fourth-order valence-electron chi connectivity index (χ4n) is 2.52. The molecule has 6 heteroatoms. The maximum absolute atomic E-state index is 12.7. The zero-order valence-corrected chi connectivity index (χ0v) is 13.2. The van der Waals surface area contributed by atoms with Crippen molar-refractivity contribution in [2.75, 3.05) is 0 Å². The first-order valence-corrected chi connectivity index (χ1v) is 7.52. The van der Waals surface area contributed by atoms with Crippen LogP contribution in [0.1, 0.15) is 21.8 Å². The molecule has 0 spiro atoms. The summed E-state index contributed by atoms with van der Waals surface area (Å²) in [5, 5.41) is 11.1. The molecule has 1 unspecified atom stereocenters. The molecule has 2 aromatic carbocycles. The van der Waals surface area contributed by atoms with Crippen molar-refractivity contribution in [3.05, 3.63) is 69.8 Å². The normalized spacial score (nSPS) is 12.3. The Labute approximate surface area is 141 Å². The number of hydrogen-bond acceptors (Lipinski definition) is 2. The van der Waals surface area contributed by atoms with Crippen LogP contribution in [0.2, 0.25) is 10.0 Å². The molecule has 1 atom stereocenters. The number of nitrogens with one attached hydrogen (secondary N) is 1.